The standard InChI is InChI=1S/C19H19N9/c1-27-12-25-26-17(27)16-10-28(11-24-16)19(5-2-6-19)14-3-4-15(21-9-14)13-7-22-18(20)23-8-13/h3-4,7-12H,2,5-6H2,1H3,(H2,20,22,23). The number of aromatic nitrogens is 8. The minimum absolute atomic E-state index is 0.118. The first-order chi connectivity index (χ1) is 13.7. The van der Waals surface area contributed by atoms with E-state index in [1.807, 2.05) is 36.4 Å². The Hall–Kier alpha value is -3.62. The molecule has 1 aliphatic rings. The van der Waals surface area contributed by atoms with Gasteiger partial charge in [-0.15, -0.1) is 10.2 Å². The topological polar surface area (TPSA) is 113 Å². The number of imidazole rings is 1. The van der Waals surface area contributed by atoms with Crippen LogP contribution in [0.3, 0.4) is 0 Å². The van der Waals surface area contributed by atoms with Gasteiger partial charge in [0.05, 0.1) is 17.6 Å². The van der Waals surface area contributed by atoms with Crippen molar-refractivity contribution in [3.8, 4) is 22.8 Å². The molecule has 9 nitrogen and oxygen atoms in total. The molecule has 0 amide bonds. The molecule has 0 atom stereocenters. The zero-order valence-electron chi connectivity index (χ0n) is 15.4. The molecule has 0 aromatic carbocycles. The highest BCUT2D eigenvalue weighted by molar-refractivity contribution is 5.57. The number of pyridine rings is 1. The molecule has 4 heterocycles. The number of anilines is 1. The van der Waals surface area contributed by atoms with Gasteiger partial charge in [0.15, 0.2) is 5.82 Å². The molecule has 1 fully saturated rings. The van der Waals surface area contributed by atoms with Crippen LogP contribution < -0.4 is 5.73 Å². The summed E-state index contributed by atoms with van der Waals surface area (Å²) < 4.78 is 4.05. The summed E-state index contributed by atoms with van der Waals surface area (Å²) in [5.74, 6) is 1.01. The molecule has 4 aromatic rings. The third kappa shape index (κ3) is 2.55. The molecule has 2 N–H and O–H groups in total. The van der Waals surface area contributed by atoms with Crippen LogP contribution in [0.4, 0.5) is 5.95 Å². The van der Waals surface area contributed by atoms with Gasteiger partial charge in [-0.1, -0.05) is 6.07 Å². The molecule has 140 valence electrons. The number of hydrogen-bond acceptors (Lipinski definition) is 7. The van der Waals surface area contributed by atoms with Gasteiger partial charge < -0.3 is 14.9 Å². The molecular formula is C19H19N9. The van der Waals surface area contributed by atoms with Crippen molar-refractivity contribution in [2.45, 2.75) is 24.8 Å². The number of nitrogen functional groups attached to an aromatic ring is 1. The van der Waals surface area contributed by atoms with Crippen LogP contribution in [0.1, 0.15) is 24.8 Å². The molecule has 1 aliphatic carbocycles. The molecule has 4 aromatic heterocycles. The lowest BCUT2D eigenvalue weighted by molar-refractivity contribution is 0.196. The van der Waals surface area contributed by atoms with E-state index in [1.165, 1.54) is 12.0 Å². The van der Waals surface area contributed by atoms with Crippen molar-refractivity contribution in [3.63, 3.8) is 0 Å². The quantitative estimate of drug-likeness (QED) is 0.582. The lowest BCUT2D eigenvalue weighted by Crippen LogP contribution is -2.41. The van der Waals surface area contributed by atoms with Crippen molar-refractivity contribution in [1.29, 1.82) is 0 Å². The Balaban J connectivity index is 1.48. The Labute approximate surface area is 161 Å². The van der Waals surface area contributed by atoms with Crippen LogP contribution in [0.25, 0.3) is 22.8 Å². The van der Waals surface area contributed by atoms with Crippen molar-refractivity contribution in [1.82, 2.24) is 39.3 Å². The molecule has 28 heavy (non-hydrogen) atoms. The van der Waals surface area contributed by atoms with Crippen molar-refractivity contribution in [2.24, 2.45) is 7.05 Å². The first kappa shape index (κ1) is 16.5. The van der Waals surface area contributed by atoms with E-state index in [-0.39, 0.29) is 11.5 Å². The van der Waals surface area contributed by atoms with Gasteiger partial charge >= 0.3 is 0 Å². The van der Waals surface area contributed by atoms with Crippen LogP contribution in [0.5, 0.6) is 0 Å². The summed E-state index contributed by atoms with van der Waals surface area (Å²) in [6.45, 7) is 0. The zero-order chi connectivity index (χ0) is 19.1. The highest BCUT2D eigenvalue weighted by Gasteiger charge is 2.41. The van der Waals surface area contributed by atoms with Crippen LogP contribution in [-0.4, -0.2) is 39.3 Å². The van der Waals surface area contributed by atoms with E-state index in [9.17, 15) is 0 Å². The second-order valence-electron chi connectivity index (χ2n) is 7.08. The summed E-state index contributed by atoms with van der Waals surface area (Å²) in [6.07, 6.45) is 14.2. The average molecular weight is 373 g/mol. The molecule has 0 radical (unpaired) electrons. The lowest BCUT2D eigenvalue weighted by atomic mass is 9.72. The predicted octanol–water partition coefficient (Wildman–Crippen LogP) is 2.04. The van der Waals surface area contributed by atoms with Gasteiger partial charge in [0.2, 0.25) is 5.95 Å². The van der Waals surface area contributed by atoms with E-state index in [4.69, 9.17) is 5.73 Å². The van der Waals surface area contributed by atoms with Crippen molar-refractivity contribution in [2.75, 3.05) is 5.73 Å². The van der Waals surface area contributed by atoms with Gasteiger partial charge in [0.25, 0.3) is 0 Å². The smallest absolute Gasteiger partial charge is 0.219 e. The highest BCUT2D eigenvalue weighted by Crippen LogP contribution is 2.45. The molecule has 0 unspecified atom stereocenters. The molecule has 0 aliphatic heterocycles. The zero-order valence-corrected chi connectivity index (χ0v) is 15.4. The fourth-order valence-electron chi connectivity index (χ4n) is 3.71. The van der Waals surface area contributed by atoms with Crippen LogP contribution in [-0.2, 0) is 12.6 Å². The van der Waals surface area contributed by atoms with E-state index in [0.29, 0.717) is 0 Å². The number of aryl methyl sites for hydroxylation is 1. The summed E-state index contributed by atoms with van der Waals surface area (Å²) in [6, 6.07) is 4.13. The van der Waals surface area contributed by atoms with E-state index in [2.05, 4.69) is 40.8 Å². The van der Waals surface area contributed by atoms with Crippen molar-refractivity contribution >= 4 is 5.95 Å². The van der Waals surface area contributed by atoms with Crippen molar-refractivity contribution in [3.05, 3.63) is 55.1 Å². The predicted molar refractivity (Wildman–Crippen MR) is 103 cm³/mol. The maximum Gasteiger partial charge on any atom is 0.219 e. The van der Waals surface area contributed by atoms with Crippen LogP contribution in [0, 0.1) is 0 Å². The summed E-state index contributed by atoms with van der Waals surface area (Å²) in [5.41, 5.74) is 9.09. The fraction of sp³-hybridized carbons (Fsp3) is 0.263. The first-order valence-corrected chi connectivity index (χ1v) is 9.09. The maximum atomic E-state index is 5.56. The third-order valence-corrected chi connectivity index (χ3v) is 5.47. The van der Waals surface area contributed by atoms with E-state index in [0.717, 1.165) is 35.6 Å². The molecule has 0 saturated heterocycles. The molecule has 5 rings (SSSR count). The normalized spacial score (nSPS) is 15.3. The van der Waals surface area contributed by atoms with Gasteiger partial charge in [-0.3, -0.25) is 4.98 Å². The summed E-state index contributed by atoms with van der Waals surface area (Å²) in [5, 5.41) is 8.09. The monoisotopic (exact) mass is 373 g/mol. The van der Waals surface area contributed by atoms with Gasteiger partial charge in [0, 0.05) is 37.4 Å². The summed E-state index contributed by atoms with van der Waals surface area (Å²) in [4.78, 5) is 17.3. The highest BCUT2D eigenvalue weighted by atomic mass is 15.3. The first-order valence-electron chi connectivity index (χ1n) is 9.09. The van der Waals surface area contributed by atoms with E-state index >= 15 is 0 Å². The maximum absolute atomic E-state index is 5.56. The Morgan fingerprint density at radius 1 is 0.964 bits per heavy atom. The van der Waals surface area contributed by atoms with Crippen LogP contribution in [0.15, 0.2) is 49.6 Å². The Morgan fingerprint density at radius 3 is 2.39 bits per heavy atom. The van der Waals surface area contributed by atoms with Gasteiger partial charge in [0.1, 0.15) is 12.0 Å². The molecule has 0 spiro atoms. The molecular weight excluding hydrogens is 354 g/mol. The number of nitrogens with two attached hydrogens (primary N) is 1. The minimum Gasteiger partial charge on any atom is -0.368 e. The lowest BCUT2D eigenvalue weighted by Gasteiger charge is -2.43. The van der Waals surface area contributed by atoms with E-state index in [1.54, 1.807) is 18.7 Å². The molecule has 0 bridgehead atoms. The number of nitrogens with zero attached hydrogens (tertiary/aromatic N) is 8. The second kappa shape index (κ2) is 6.22. The average Bonchev–Trinajstić information content (AvgIpc) is 3.31. The summed E-state index contributed by atoms with van der Waals surface area (Å²) in [7, 11) is 1.91. The third-order valence-electron chi connectivity index (χ3n) is 5.47. The van der Waals surface area contributed by atoms with E-state index < -0.39 is 0 Å². The molecule has 9 heteroatoms. The summed E-state index contributed by atoms with van der Waals surface area (Å²) >= 11 is 0. The van der Waals surface area contributed by atoms with Gasteiger partial charge in [-0.05, 0) is 30.9 Å². The largest absolute Gasteiger partial charge is 0.368 e. The van der Waals surface area contributed by atoms with Gasteiger partial charge in [-0.2, -0.15) is 0 Å². The minimum atomic E-state index is -0.118. The Bertz CT molecular complexity index is 1110. The Kier molecular flexibility index (Phi) is 3.68. The fourth-order valence-corrected chi connectivity index (χ4v) is 3.71. The Morgan fingerprint density at radius 2 is 1.79 bits per heavy atom. The van der Waals surface area contributed by atoms with Gasteiger partial charge in [-0.25, -0.2) is 15.0 Å². The SMILES string of the molecule is Cn1cnnc1-c1cn(C2(c3ccc(-c4cnc(N)nc4)nc3)CCC2)cn1. The van der Waals surface area contributed by atoms with Crippen LogP contribution in [0.2, 0.25) is 0 Å². The number of hydrogen-bond donors (Lipinski definition) is 1. The van der Waals surface area contributed by atoms with Crippen molar-refractivity contribution < 1.29 is 0 Å². The number of rotatable bonds is 4. The molecule has 1 saturated carbocycles. The second-order valence-corrected chi connectivity index (χ2v) is 7.08. The van der Waals surface area contributed by atoms with Crippen LogP contribution >= 0.6 is 0 Å².